The average Bonchev–Trinajstić information content (AvgIpc) is 3.62. The van der Waals surface area contributed by atoms with Crippen molar-refractivity contribution in [3.63, 3.8) is 0 Å². The molecule has 2 aromatic heterocycles. The number of aromatic nitrogens is 2. The topological polar surface area (TPSA) is 40.0 Å². The van der Waals surface area contributed by atoms with E-state index < -0.39 is 0 Å². The predicted molar refractivity (Wildman–Crippen MR) is 158 cm³/mol. The molecule has 5 aromatic rings. The quantitative estimate of drug-likeness (QED) is 0.259. The van der Waals surface area contributed by atoms with Crippen LogP contribution in [0.2, 0.25) is 0 Å². The summed E-state index contributed by atoms with van der Waals surface area (Å²) in [5.41, 5.74) is 5.66. The Morgan fingerprint density at radius 3 is 2.28 bits per heavy atom. The van der Waals surface area contributed by atoms with E-state index in [4.69, 9.17) is 4.74 Å². The molecule has 2 aliphatic rings. The molecule has 0 N–H and O–H groups in total. The van der Waals surface area contributed by atoms with Crippen LogP contribution in [0, 0.1) is 0 Å². The van der Waals surface area contributed by atoms with Crippen molar-refractivity contribution in [2.24, 2.45) is 0 Å². The SMILES string of the molecule is CC1=C(n2c3ccccc3c3ccncc32)N(C)CN1c1cccc(Oc2cccc(N3C=CN(C)C3)c2)c1. The van der Waals surface area contributed by atoms with Crippen LogP contribution in [0.25, 0.3) is 27.6 Å². The highest BCUT2D eigenvalue weighted by atomic mass is 16.5. The van der Waals surface area contributed by atoms with Gasteiger partial charge in [0.2, 0.25) is 0 Å². The van der Waals surface area contributed by atoms with Gasteiger partial charge in [0.15, 0.2) is 0 Å². The normalized spacial score (nSPS) is 15.5. The van der Waals surface area contributed by atoms with Gasteiger partial charge in [0, 0.05) is 67.0 Å². The van der Waals surface area contributed by atoms with Crippen LogP contribution in [0.3, 0.4) is 0 Å². The average molecular weight is 515 g/mol. The van der Waals surface area contributed by atoms with Crippen LogP contribution >= 0.6 is 0 Å². The van der Waals surface area contributed by atoms with Gasteiger partial charge in [-0.2, -0.15) is 0 Å². The molecule has 7 rings (SSSR count). The van der Waals surface area contributed by atoms with Gasteiger partial charge in [0.25, 0.3) is 0 Å². The molecule has 0 atom stereocenters. The van der Waals surface area contributed by atoms with Gasteiger partial charge in [-0.05, 0) is 43.3 Å². The number of para-hydroxylation sites is 1. The number of fused-ring (bicyclic) bond motifs is 3. The van der Waals surface area contributed by atoms with Crippen molar-refractivity contribution in [1.82, 2.24) is 19.4 Å². The highest BCUT2D eigenvalue weighted by Gasteiger charge is 2.28. The maximum absolute atomic E-state index is 6.35. The summed E-state index contributed by atoms with van der Waals surface area (Å²) in [6.45, 7) is 3.76. The van der Waals surface area contributed by atoms with Gasteiger partial charge < -0.3 is 24.3 Å². The van der Waals surface area contributed by atoms with Crippen LogP contribution in [0.15, 0.2) is 109 Å². The van der Waals surface area contributed by atoms with E-state index in [0.717, 1.165) is 47.5 Å². The van der Waals surface area contributed by atoms with Crippen LogP contribution < -0.4 is 14.5 Å². The summed E-state index contributed by atoms with van der Waals surface area (Å²) in [5.74, 6) is 2.78. The second-order valence-corrected chi connectivity index (χ2v) is 10.2. The Kier molecular flexibility index (Phi) is 5.44. The minimum atomic E-state index is 0.739. The van der Waals surface area contributed by atoms with Crippen molar-refractivity contribution in [3.05, 3.63) is 109 Å². The summed E-state index contributed by atoms with van der Waals surface area (Å²) in [6.07, 6.45) is 7.99. The predicted octanol–water partition coefficient (Wildman–Crippen LogP) is 6.72. The lowest BCUT2D eigenvalue weighted by Gasteiger charge is -2.22. The minimum absolute atomic E-state index is 0.739. The number of nitrogens with zero attached hydrogens (tertiary/aromatic N) is 6. The lowest BCUT2D eigenvalue weighted by molar-refractivity contribution is 0.479. The number of anilines is 2. The fourth-order valence-electron chi connectivity index (χ4n) is 5.71. The third kappa shape index (κ3) is 3.94. The lowest BCUT2D eigenvalue weighted by Crippen LogP contribution is -2.24. The molecule has 7 heteroatoms. The van der Waals surface area contributed by atoms with Gasteiger partial charge in [-0.1, -0.05) is 30.3 Å². The van der Waals surface area contributed by atoms with Crippen LogP contribution in [0.4, 0.5) is 11.4 Å². The second kappa shape index (κ2) is 9.13. The number of hydrogen-bond donors (Lipinski definition) is 0. The summed E-state index contributed by atoms with van der Waals surface area (Å²) < 4.78 is 8.68. The fourth-order valence-corrected chi connectivity index (χ4v) is 5.71. The molecule has 4 heterocycles. The largest absolute Gasteiger partial charge is 0.457 e. The first-order valence-electron chi connectivity index (χ1n) is 13.1. The minimum Gasteiger partial charge on any atom is -0.457 e. The highest BCUT2D eigenvalue weighted by Crippen LogP contribution is 2.38. The van der Waals surface area contributed by atoms with E-state index in [9.17, 15) is 0 Å². The van der Waals surface area contributed by atoms with Crippen LogP contribution in [-0.4, -0.2) is 46.8 Å². The summed E-state index contributed by atoms with van der Waals surface area (Å²) in [6, 6.07) is 27.2. The number of allylic oxidation sites excluding steroid dienone is 1. The van der Waals surface area contributed by atoms with Crippen LogP contribution in [0.5, 0.6) is 11.5 Å². The van der Waals surface area contributed by atoms with Gasteiger partial charge in [0.05, 0.1) is 36.3 Å². The first kappa shape index (κ1) is 23.2. The van der Waals surface area contributed by atoms with Crippen molar-refractivity contribution in [1.29, 1.82) is 0 Å². The van der Waals surface area contributed by atoms with Gasteiger partial charge in [-0.25, -0.2) is 0 Å². The number of rotatable bonds is 5. The highest BCUT2D eigenvalue weighted by molar-refractivity contribution is 6.09. The van der Waals surface area contributed by atoms with E-state index in [1.165, 1.54) is 22.0 Å². The standard InChI is InChI=1S/C32H30N6O/c1-23-32(38-30-13-5-4-12-28(30)29-14-15-33-20-31(29)38)35(3)22-37(23)25-9-7-11-27(19-25)39-26-10-6-8-24(18-26)36-17-16-34(2)21-36/h4-20H,21-22H2,1-3H3. The zero-order valence-electron chi connectivity index (χ0n) is 22.3. The zero-order chi connectivity index (χ0) is 26.5. The summed E-state index contributed by atoms with van der Waals surface area (Å²) in [7, 11) is 4.21. The Labute approximate surface area is 228 Å². The van der Waals surface area contributed by atoms with Gasteiger partial charge in [-0.15, -0.1) is 0 Å². The zero-order valence-corrected chi connectivity index (χ0v) is 22.3. The Morgan fingerprint density at radius 2 is 1.49 bits per heavy atom. The first-order valence-corrected chi connectivity index (χ1v) is 13.1. The molecule has 0 radical (unpaired) electrons. The van der Waals surface area contributed by atoms with E-state index in [1.807, 2.05) is 30.6 Å². The van der Waals surface area contributed by atoms with E-state index in [1.54, 1.807) is 0 Å². The molecule has 0 aliphatic carbocycles. The smallest absolute Gasteiger partial charge is 0.134 e. The maximum atomic E-state index is 6.35. The molecule has 0 saturated carbocycles. The molecule has 0 fully saturated rings. The van der Waals surface area contributed by atoms with E-state index in [-0.39, 0.29) is 0 Å². The van der Waals surface area contributed by atoms with E-state index in [2.05, 4.69) is 123 Å². The van der Waals surface area contributed by atoms with E-state index in [0.29, 0.717) is 0 Å². The molecule has 0 saturated heterocycles. The maximum Gasteiger partial charge on any atom is 0.134 e. The van der Waals surface area contributed by atoms with Crippen LogP contribution in [0.1, 0.15) is 6.92 Å². The number of benzene rings is 3. The van der Waals surface area contributed by atoms with Crippen LogP contribution in [-0.2, 0) is 0 Å². The molecule has 0 spiro atoms. The third-order valence-corrected chi connectivity index (χ3v) is 7.52. The Morgan fingerprint density at radius 1 is 0.744 bits per heavy atom. The summed E-state index contributed by atoms with van der Waals surface area (Å²) in [4.78, 5) is 13.4. The Balaban J connectivity index is 1.23. The number of pyridine rings is 1. The van der Waals surface area contributed by atoms with Gasteiger partial charge in [0.1, 0.15) is 17.3 Å². The summed E-state index contributed by atoms with van der Waals surface area (Å²) in [5, 5.41) is 2.44. The third-order valence-electron chi connectivity index (χ3n) is 7.52. The lowest BCUT2D eigenvalue weighted by atomic mass is 10.2. The monoisotopic (exact) mass is 514 g/mol. The fraction of sp³-hybridized carbons (Fsp3) is 0.156. The second-order valence-electron chi connectivity index (χ2n) is 10.2. The molecular weight excluding hydrogens is 484 g/mol. The van der Waals surface area contributed by atoms with Crippen molar-refractivity contribution in [3.8, 4) is 11.5 Å². The molecule has 0 bridgehead atoms. The molecule has 39 heavy (non-hydrogen) atoms. The molecule has 0 amide bonds. The number of hydrogen-bond acceptors (Lipinski definition) is 6. The van der Waals surface area contributed by atoms with Crippen molar-refractivity contribution < 1.29 is 4.74 Å². The van der Waals surface area contributed by atoms with Crippen molar-refractivity contribution in [2.75, 3.05) is 37.2 Å². The first-order chi connectivity index (χ1) is 19.1. The number of ether oxygens (including phenoxy) is 1. The molecular formula is C32H30N6O. The molecule has 2 aliphatic heterocycles. The summed E-state index contributed by atoms with van der Waals surface area (Å²) >= 11 is 0. The Hall–Kier alpha value is -4.91. The van der Waals surface area contributed by atoms with E-state index >= 15 is 0 Å². The molecule has 3 aromatic carbocycles. The van der Waals surface area contributed by atoms with Gasteiger partial charge in [-0.3, -0.25) is 9.55 Å². The molecule has 194 valence electrons. The van der Waals surface area contributed by atoms with Crippen molar-refractivity contribution in [2.45, 2.75) is 6.92 Å². The molecule has 0 unspecified atom stereocenters. The molecule has 7 nitrogen and oxygen atoms in total. The van der Waals surface area contributed by atoms with Gasteiger partial charge >= 0.3 is 0 Å². The van der Waals surface area contributed by atoms with Crippen molar-refractivity contribution >= 4 is 39.0 Å². The Bertz CT molecular complexity index is 1720.